The number of carbonyl (C=O) groups is 1. The first-order valence-electron chi connectivity index (χ1n) is 15.6. The van der Waals surface area contributed by atoms with Crippen LogP contribution in [0.5, 0.6) is 6.01 Å². The van der Waals surface area contributed by atoms with Crippen LogP contribution in [-0.2, 0) is 17.7 Å². The molecule has 1 atom stereocenters. The van der Waals surface area contributed by atoms with Gasteiger partial charge in [0.1, 0.15) is 11.4 Å². The number of nitriles is 1. The molecule has 1 aromatic heterocycles. The van der Waals surface area contributed by atoms with Gasteiger partial charge in [-0.1, -0.05) is 36.4 Å². The second-order valence-corrected chi connectivity index (χ2v) is 12.8. The monoisotopic (exact) mass is 599 g/mol. The van der Waals surface area contributed by atoms with Gasteiger partial charge in [0.25, 0.3) is 0 Å². The zero-order valence-electron chi connectivity index (χ0n) is 26.8. The smallest absolute Gasteiger partial charge is 0.410 e. The van der Waals surface area contributed by atoms with Crippen LogP contribution in [0.15, 0.2) is 42.5 Å². The number of carbonyl (C=O) groups excluding carboxylic acids is 1. The normalized spacial score (nSPS) is 18.7. The lowest BCUT2D eigenvalue weighted by molar-refractivity contribution is 0.0144. The third kappa shape index (κ3) is 7.33. The van der Waals surface area contributed by atoms with Crippen molar-refractivity contribution in [1.82, 2.24) is 19.8 Å². The van der Waals surface area contributed by atoms with E-state index in [0.29, 0.717) is 32.2 Å². The van der Waals surface area contributed by atoms with Crippen molar-refractivity contribution in [3.63, 3.8) is 0 Å². The van der Waals surface area contributed by atoms with E-state index in [-0.39, 0.29) is 18.6 Å². The highest BCUT2D eigenvalue weighted by Gasteiger charge is 2.36. The number of methoxy groups -OCH3 is 1. The maximum atomic E-state index is 12.9. The highest BCUT2D eigenvalue weighted by Crippen LogP contribution is 2.35. The third-order valence-electron chi connectivity index (χ3n) is 8.38. The maximum Gasteiger partial charge on any atom is 0.410 e. The molecule has 3 aliphatic rings. The number of piperazine rings is 1. The Bertz CT molecular complexity index is 1490. The number of nitrogens with zero attached hydrogens (tertiary/aromatic N) is 7. The van der Waals surface area contributed by atoms with Crippen molar-refractivity contribution in [2.45, 2.75) is 64.6 Å². The van der Waals surface area contributed by atoms with Gasteiger partial charge in [-0.2, -0.15) is 15.2 Å². The van der Waals surface area contributed by atoms with Gasteiger partial charge in [0, 0.05) is 42.8 Å². The summed E-state index contributed by atoms with van der Waals surface area (Å²) in [5.74, 6) is 0.830. The Labute approximate surface area is 261 Å². The van der Waals surface area contributed by atoms with Crippen LogP contribution in [-0.4, -0.2) is 90.9 Å². The van der Waals surface area contributed by atoms with E-state index in [1.807, 2.05) is 20.8 Å². The maximum absolute atomic E-state index is 12.9. The fourth-order valence-corrected chi connectivity index (χ4v) is 6.20. The zero-order chi connectivity index (χ0) is 31.3. The molecule has 2 fully saturated rings. The van der Waals surface area contributed by atoms with Crippen molar-refractivity contribution in [3.05, 3.63) is 53.7 Å². The molecule has 0 radical (unpaired) electrons. The Morgan fingerprint density at radius 2 is 1.75 bits per heavy atom. The topological polar surface area (TPSA) is 98.1 Å². The number of hydrogen-bond donors (Lipinski definition) is 0. The Morgan fingerprint density at radius 1 is 1.00 bits per heavy atom. The third-order valence-corrected chi connectivity index (χ3v) is 8.38. The number of fused-ring (bicyclic) bond motifs is 2. The lowest BCUT2D eigenvalue weighted by Gasteiger charge is -2.42. The first kappa shape index (κ1) is 31.3. The Kier molecular flexibility index (Phi) is 9.74. The minimum atomic E-state index is -0.597. The molecule has 6 rings (SSSR count). The first-order valence-corrected chi connectivity index (χ1v) is 15.6. The summed E-state index contributed by atoms with van der Waals surface area (Å²) in [6.45, 7) is 11.2. The molecule has 0 spiro atoms. The fraction of sp³-hybridized carbons (Fsp3) is 0.529. The van der Waals surface area contributed by atoms with Crippen LogP contribution in [0.4, 0.5) is 16.3 Å². The molecule has 1 unspecified atom stereocenters. The molecule has 0 N–H and O–H groups in total. The molecule has 2 saturated heterocycles. The molecule has 2 aromatic carbocycles. The molecule has 3 aliphatic heterocycles. The minimum Gasteiger partial charge on any atom is -0.467 e. The predicted molar refractivity (Wildman–Crippen MR) is 173 cm³/mol. The second-order valence-electron chi connectivity index (χ2n) is 12.8. The largest absolute Gasteiger partial charge is 0.467 e. The summed E-state index contributed by atoms with van der Waals surface area (Å²) in [6.07, 6.45) is 3.44. The molecule has 0 aliphatic carbocycles. The summed E-state index contributed by atoms with van der Waals surface area (Å²) >= 11 is 0. The summed E-state index contributed by atoms with van der Waals surface area (Å²) in [7, 11) is 3.75. The van der Waals surface area contributed by atoms with Crippen LogP contribution in [0.1, 0.15) is 51.3 Å². The van der Waals surface area contributed by atoms with Crippen molar-refractivity contribution in [1.29, 1.82) is 5.26 Å². The van der Waals surface area contributed by atoms with Crippen LogP contribution >= 0.6 is 0 Å². The zero-order valence-corrected chi connectivity index (χ0v) is 26.8. The average Bonchev–Trinajstić information content (AvgIpc) is 3.50. The number of benzene rings is 2. The molecule has 1 amide bonds. The molecule has 4 heterocycles. The van der Waals surface area contributed by atoms with E-state index in [9.17, 15) is 10.1 Å². The molecular weight excluding hydrogens is 554 g/mol. The second kappa shape index (κ2) is 13.7. The number of ether oxygens (including phenoxy) is 2. The van der Waals surface area contributed by atoms with E-state index in [2.05, 4.69) is 70.3 Å². The lowest BCUT2D eigenvalue weighted by atomic mass is 10.0. The van der Waals surface area contributed by atoms with E-state index in [1.54, 1.807) is 12.0 Å². The van der Waals surface area contributed by atoms with Gasteiger partial charge in [0.15, 0.2) is 0 Å². The standard InChI is InChI=1S/C29H34N6O3.C5H11N/c1-29(2,3)38-28(36)35-17-16-34(18-21(35)12-14-30)26-23-13-15-33(19-24(23)31-27(32-26)37-4)25-11-7-9-20-8-5-6-10-22(20)25;1-6-4-2-3-5-6/h5-11,21H,12-13,15-19H2,1-4H3;2-5H2,1H3. The summed E-state index contributed by atoms with van der Waals surface area (Å²) in [5, 5.41) is 11.9. The number of rotatable bonds is 4. The Hall–Kier alpha value is -4.10. The van der Waals surface area contributed by atoms with Gasteiger partial charge in [-0.15, -0.1) is 0 Å². The van der Waals surface area contributed by atoms with E-state index >= 15 is 0 Å². The van der Waals surface area contributed by atoms with Gasteiger partial charge in [-0.25, -0.2) is 4.79 Å². The molecule has 10 heteroatoms. The van der Waals surface area contributed by atoms with Crippen LogP contribution in [0.2, 0.25) is 0 Å². The number of anilines is 2. The van der Waals surface area contributed by atoms with Crippen molar-refractivity contribution >= 4 is 28.4 Å². The van der Waals surface area contributed by atoms with E-state index in [0.717, 1.165) is 30.0 Å². The molecule has 3 aromatic rings. The number of hydrogen-bond acceptors (Lipinski definition) is 9. The summed E-state index contributed by atoms with van der Waals surface area (Å²) in [6, 6.07) is 17.1. The highest BCUT2D eigenvalue weighted by atomic mass is 16.6. The molecule has 234 valence electrons. The van der Waals surface area contributed by atoms with Crippen molar-refractivity contribution in [2.24, 2.45) is 0 Å². The molecule has 0 bridgehead atoms. The lowest BCUT2D eigenvalue weighted by Crippen LogP contribution is -2.56. The Balaban J connectivity index is 0.000000573. The van der Waals surface area contributed by atoms with Gasteiger partial charge in [-0.3, -0.25) is 0 Å². The summed E-state index contributed by atoms with van der Waals surface area (Å²) in [5.41, 5.74) is 2.63. The van der Waals surface area contributed by atoms with E-state index in [4.69, 9.17) is 19.4 Å². The SMILES string of the molecule is CN1CCCC1.COc1nc2c(c(N3CCN(C(=O)OC(C)(C)C)C(CC#N)C3)n1)CCN(c1cccc3ccccc13)C2. The first-order chi connectivity index (χ1) is 21.2. The van der Waals surface area contributed by atoms with Crippen molar-refractivity contribution in [3.8, 4) is 12.1 Å². The quantitative estimate of drug-likeness (QED) is 0.398. The van der Waals surface area contributed by atoms with E-state index in [1.165, 1.54) is 42.4 Å². The van der Waals surface area contributed by atoms with Crippen molar-refractivity contribution < 1.29 is 14.3 Å². The van der Waals surface area contributed by atoms with Gasteiger partial charge in [-0.05, 0) is 71.6 Å². The van der Waals surface area contributed by atoms with Gasteiger partial charge >= 0.3 is 12.1 Å². The van der Waals surface area contributed by atoms with Crippen LogP contribution < -0.4 is 14.5 Å². The number of likely N-dealkylation sites (tertiary alicyclic amines) is 1. The average molecular weight is 600 g/mol. The van der Waals surface area contributed by atoms with E-state index < -0.39 is 5.60 Å². The summed E-state index contributed by atoms with van der Waals surface area (Å²) in [4.78, 5) is 30.9. The molecular formula is C34H45N7O3. The van der Waals surface area contributed by atoms with Crippen LogP contribution in [0.3, 0.4) is 0 Å². The number of aromatic nitrogens is 2. The fourth-order valence-electron chi connectivity index (χ4n) is 6.20. The molecule has 0 saturated carbocycles. The summed E-state index contributed by atoms with van der Waals surface area (Å²) < 4.78 is 11.1. The predicted octanol–water partition coefficient (Wildman–Crippen LogP) is 5.25. The highest BCUT2D eigenvalue weighted by molar-refractivity contribution is 5.94. The number of amides is 1. The molecule has 44 heavy (non-hydrogen) atoms. The van der Waals surface area contributed by atoms with Gasteiger partial charge in [0.2, 0.25) is 0 Å². The van der Waals surface area contributed by atoms with Crippen LogP contribution in [0.25, 0.3) is 10.8 Å². The van der Waals surface area contributed by atoms with Crippen molar-refractivity contribution in [2.75, 3.05) is 63.2 Å². The minimum absolute atomic E-state index is 0.217. The van der Waals surface area contributed by atoms with Gasteiger partial charge < -0.3 is 29.1 Å². The van der Waals surface area contributed by atoms with Crippen LogP contribution in [0, 0.1) is 11.3 Å². The Morgan fingerprint density at radius 3 is 2.43 bits per heavy atom. The molecule has 10 nitrogen and oxygen atoms in total. The van der Waals surface area contributed by atoms with Gasteiger partial charge in [0.05, 0.1) is 37.9 Å².